The van der Waals surface area contributed by atoms with Gasteiger partial charge in [0, 0.05) is 23.8 Å². The van der Waals surface area contributed by atoms with Gasteiger partial charge in [0.05, 0.1) is 28.4 Å². The summed E-state index contributed by atoms with van der Waals surface area (Å²) in [7, 11) is 3.38. The van der Waals surface area contributed by atoms with Crippen molar-refractivity contribution < 1.29 is 14.3 Å². The van der Waals surface area contributed by atoms with Crippen molar-refractivity contribution in [1.82, 2.24) is 9.88 Å². The molecule has 0 spiro atoms. The first kappa shape index (κ1) is 25.3. The van der Waals surface area contributed by atoms with Crippen molar-refractivity contribution >= 4 is 69.5 Å². The van der Waals surface area contributed by atoms with Crippen LogP contribution in [0.3, 0.4) is 0 Å². The van der Waals surface area contributed by atoms with E-state index in [1.54, 1.807) is 12.1 Å². The summed E-state index contributed by atoms with van der Waals surface area (Å²) in [5.41, 5.74) is 1.11. The van der Waals surface area contributed by atoms with E-state index in [0.717, 1.165) is 12.1 Å². The zero-order valence-corrected chi connectivity index (χ0v) is 21.1. The first-order valence-electron chi connectivity index (χ1n) is 9.79. The maximum atomic E-state index is 13.1. The Hall–Kier alpha value is -2.36. The Bertz CT molecular complexity index is 1170. The number of carbonyl (C=O) groups is 2. The highest BCUT2D eigenvalue weighted by atomic mass is 35.5. The summed E-state index contributed by atoms with van der Waals surface area (Å²) in [4.78, 5) is 32.5. The number of pyridine rings is 1. The lowest BCUT2D eigenvalue weighted by Crippen LogP contribution is -2.19. The molecule has 33 heavy (non-hydrogen) atoms. The molecule has 0 radical (unpaired) electrons. The summed E-state index contributed by atoms with van der Waals surface area (Å²) < 4.78 is 5.37. The summed E-state index contributed by atoms with van der Waals surface area (Å²) in [5.74, 6) is -0.492. The maximum Gasteiger partial charge on any atom is 0.267 e. The minimum atomic E-state index is -0.538. The van der Waals surface area contributed by atoms with Gasteiger partial charge in [0.2, 0.25) is 0 Å². The Labute approximate surface area is 210 Å². The minimum absolute atomic E-state index is 0.100. The molecule has 0 aliphatic rings. The molecule has 0 aliphatic heterocycles. The Kier molecular flexibility index (Phi) is 8.56. The van der Waals surface area contributed by atoms with E-state index in [1.807, 2.05) is 19.4 Å². The number of methoxy groups -OCH3 is 1. The zero-order chi connectivity index (χ0) is 24.1. The number of rotatable bonds is 8. The Morgan fingerprint density at radius 3 is 2.52 bits per heavy atom. The number of aromatic nitrogens is 1. The van der Waals surface area contributed by atoms with Crippen LogP contribution in [0.2, 0.25) is 15.1 Å². The topological polar surface area (TPSA) is 83.6 Å². The van der Waals surface area contributed by atoms with Crippen molar-refractivity contribution in [2.45, 2.75) is 13.5 Å². The highest BCUT2D eigenvalue weighted by Gasteiger charge is 2.23. The molecule has 0 saturated carbocycles. The fourth-order valence-corrected chi connectivity index (χ4v) is 4.46. The zero-order valence-electron chi connectivity index (χ0n) is 18.0. The largest absolute Gasteiger partial charge is 0.494 e. The van der Waals surface area contributed by atoms with Crippen molar-refractivity contribution in [2.24, 2.45) is 0 Å². The minimum Gasteiger partial charge on any atom is -0.494 e. The lowest BCUT2D eigenvalue weighted by atomic mass is 10.1. The van der Waals surface area contributed by atoms with Gasteiger partial charge in [-0.3, -0.25) is 9.59 Å². The molecule has 0 fully saturated rings. The van der Waals surface area contributed by atoms with E-state index < -0.39 is 11.8 Å². The fourth-order valence-electron chi connectivity index (χ4n) is 2.90. The van der Waals surface area contributed by atoms with Crippen LogP contribution in [-0.4, -0.2) is 42.4 Å². The summed E-state index contributed by atoms with van der Waals surface area (Å²) in [6.45, 7) is 3.49. The molecule has 2 amide bonds. The second-order valence-electron chi connectivity index (χ2n) is 7.03. The third-order valence-electron chi connectivity index (χ3n) is 4.73. The number of nitrogens with one attached hydrogen (secondary N) is 2. The number of carbonyl (C=O) groups excluding carboxylic acids is 2. The Morgan fingerprint density at radius 2 is 1.88 bits per heavy atom. The number of amides is 2. The number of anilines is 2. The standard InChI is InChI=1S/C22H21Cl3N4O3S/c1-4-29(2)10-12-11-33-20(18(12)25)22(31)28-19-15(7-14(24)8-16(19)32-3)21(30)27-17-6-5-13(23)9-26-17/h5-9,11H,4,10H2,1-3H3,(H,28,31)(H,26,27,30). The molecule has 0 aliphatic carbocycles. The van der Waals surface area contributed by atoms with Crippen LogP contribution in [0.1, 0.15) is 32.5 Å². The van der Waals surface area contributed by atoms with Gasteiger partial charge in [0.25, 0.3) is 11.8 Å². The molecule has 7 nitrogen and oxygen atoms in total. The normalized spacial score (nSPS) is 10.9. The first-order valence-corrected chi connectivity index (χ1v) is 11.8. The Balaban J connectivity index is 1.91. The summed E-state index contributed by atoms with van der Waals surface area (Å²) in [6.07, 6.45) is 1.41. The molecule has 0 unspecified atom stereocenters. The van der Waals surface area contributed by atoms with Gasteiger partial charge in [-0.05, 0) is 42.7 Å². The summed E-state index contributed by atoms with van der Waals surface area (Å²) >= 11 is 19.7. The van der Waals surface area contributed by atoms with E-state index in [2.05, 4.69) is 20.5 Å². The summed E-state index contributed by atoms with van der Waals surface area (Å²) in [5, 5.41) is 8.34. The second kappa shape index (κ2) is 11.2. The van der Waals surface area contributed by atoms with Gasteiger partial charge in [-0.2, -0.15) is 0 Å². The predicted octanol–water partition coefficient (Wildman–Crippen LogP) is 6.07. The van der Waals surface area contributed by atoms with Crippen molar-refractivity contribution in [1.29, 1.82) is 0 Å². The number of nitrogens with zero attached hydrogens (tertiary/aromatic N) is 2. The van der Waals surface area contributed by atoms with Crippen molar-refractivity contribution in [3.63, 3.8) is 0 Å². The van der Waals surface area contributed by atoms with Crippen molar-refractivity contribution in [2.75, 3.05) is 31.3 Å². The third kappa shape index (κ3) is 6.16. The van der Waals surface area contributed by atoms with Gasteiger partial charge in [0.15, 0.2) is 0 Å². The molecular formula is C22H21Cl3N4O3S. The van der Waals surface area contributed by atoms with Gasteiger partial charge in [-0.15, -0.1) is 11.3 Å². The maximum absolute atomic E-state index is 13.1. The molecule has 2 N–H and O–H groups in total. The molecule has 3 aromatic rings. The number of benzene rings is 1. The smallest absolute Gasteiger partial charge is 0.267 e. The van der Waals surface area contributed by atoms with E-state index in [0.29, 0.717) is 21.5 Å². The SMILES string of the molecule is CCN(C)Cc1csc(C(=O)Nc2c(OC)cc(Cl)cc2C(=O)Nc2ccc(Cl)cn2)c1Cl. The number of halogens is 3. The molecule has 3 rings (SSSR count). The van der Waals surface area contributed by atoms with Gasteiger partial charge in [0.1, 0.15) is 16.4 Å². The van der Waals surface area contributed by atoms with Gasteiger partial charge in [-0.25, -0.2) is 4.98 Å². The third-order valence-corrected chi connectivity index (χ3v) is 6.74. The highest BCUT2D eigenvalue weighted by molar-refractivity contribution is 7.13. The van der Waals surface area contributed by atoms with Crippen LogP contribution in [0.5, 0.6) is 5.75 Å². The average Bonchev–Trinajstić information content (AvgIpc) is 3.15. The van der Waals surface area contributed by atoms with E-state index >= 15 is 0 Å². The molecule has 2 aromatic heterocycles. The highest BCUT2D eigenvalue weighted by Crippen LogP contribution is 2.35. The molecule has 0 saturated heterocycles. The van der Waals surface area contributed by atoms with Crippen molar-refractivity contribution in [3.8, 4) is 5.75 Å². The molecule has 0 atom stereocenters. The summed E-state index contributed by atoms with van der Waals surface area (Å²) in [6, 6.07) is 6.09. The van der Waals surface area contributed by atoms with Crippen LogP contribution in [0, 0.1) is 0 Å². The van der Waals surface area contributed by atoms with Gasteiger partial charge < -0.3 is 20.3 Å². The van der Waals surface area contributed by atoms with E-state index in [4.69, 9.17) is 39.5 Å². The number of hydrogen-bond acceptors (Lipinski definition) is 6. The first-order chi connectivity index (χ1) is 15.7. The molecule has 11 heteroatoms. The van der Waals surface area contributed by atoms with Crippen LogP contribution in [0.4, 0.5) is 11.5 Å². The van der Waals surface area contributed by atoms with Crippen LogP contribution in [0.15, 0.2) is 35.8 Å². The number of hydrogen-bond donors (Lipinski definition) is 2. The van der Waals surface area contributed by atoms with Crippen LogP contribution in [-0.2, 0) is 6.54 Å². The number of ether oxygens (including phenoxy) is 1. The van der Waals surface area contributed by atoms with E-state index in [1.165, 1.54) is 36.8 Å². The predicted molar refractivity (Wildman–Crippen MR) is 134 cm³/mol. The second-order valence-corrected chi connectivity index (χ2v) is 9.17. The molecule has 174 valence electrons. The van der Waals surface area contributed by atoms with Crippen molar-refractivity contribution in [3.05, 3.63) is 66.9 Å². The van der Waals surface area contributed by atoms with E-state index in [-0.39, 0.29) is 27.8 Å². The lowest BCUT2D eigenvalue weighted by Gasteiger charge is -2.16. The average molecular weight is 528 g/mol. The molecule has 2 heterocycles. The van der Waals surface area contributed by atoms with Crippen LogP contribution >= 0.6 is 46.1 Å². The number of thiophene rings is 1. The monoisotopic (exact) mass is 526 g/mol. The molecular weight excluding hydrogens is 507 g/mol. The van der Waals surface area contributed by atoms with Crippen LogP contribution in [0.25, 0.3) is 0 Å². The van der Waals surface area contributed by atoms with Gasteiger partial charge in [-0.1, -0.05) is 41.7 Å². The van der Waals surface area contributed by atoms with Crippen LogP contribution < -0.4 is 15.4 Å². The Morgan fingerprint density at radius 1 is 1.12 bits per heavy atom. The quantitative estimate of drug-likeness (QED) is 0.371. The lowest BCUT2D eigenvalue weighted by molar-refractivity contribution is 0.102. The molecule has 0 bridgehead atoms. The fraction of sp³-hybridized carbons (Fsp3) is 0.227. The molecule has 1 aromatic carbocycles. The van der Waals surface area contributed by atoms with E-state index in [9.17, 15) is 9.59 Å². The van der Waals surface area contributed by atoms with Gasteiger partial charge >= 0.3 is 0 Å².